The summed E-state index contributed by atoms with van der Waals surface area (Å²) >= 11 is 0. The lowest BCUT2D eigenvalue weighted by molar-refractivity contribution is -0.114. The Hall–Kier alpha value is -4.34. The summed E-state index contributed by atoms with van der Waals surface area (Å²) in [6, 6.07) is 0. The molecule has 7 rings (SSSR count). The van der Waals surface area contributed by atoms with Crippen molar-refractivity contribution in [3.63, 3.8) is 0 Å². The van der Waals surface area contributed by atoms with Crippen LogP contribution in [0.2, 0.25) is 0 Å². The molecule has 1 amide bonds. The number of phenols is 2. The summed E-state index contributed by atoms with van der Waals surface area (Å²) in [7, 11) is 1.42. The molecule has 2 aromatic carbocycles. The van der Waals surface area contributed by atoms with E-state index in [9.17, 15) is 35.1 Å². The quantitative estimate of drug-likeness (QED) is 0.242. The molecule has 9 atom stereocenters. The first-order valence-corrected chi connectivity index (χ1v) is 19.6. The van der Waals surface area contributed by atoms with Gasteiger partial charge in [0.25, 0.3) is 11.7 Å². The minimum Gasteiger partial charge on any atom is -0.507 e. The van der Waals surface area contributed by atoms with Crippen LogP contribution in [0.5, 0.6) is 17.2 Å². The van der Waals surface area contributed by atoms with Crippen LogP contribution in [0.15, 0.2) is 46.1 Å². The highest BCUT2D eigenvalue weighted by molar-refractivity contribution is 6.21. The van der Waals surface area contributed by atoms with E-state index in [1.165, 1.54) is 46.3 Å². The number of nitrogens with one attached hydrogen (secondary N) is 1. The number of aliphatic hydroxyl groups is 3. The SMILES string of the molecule is [2H]C([2H])([2H])C([2H])(CN1CCC2(CC1)N=c1c(c3c4c5c(C)c(O)c3c(O)c1=NC(=O)/C(C)=C/C=C/[C@H](C)[C@H](O)[C@@H](C)[C@@H](O)[C@@H](C)[C@H](O)[C@H](C)[C@@H](OC)/C=C/O[C@@](C)(O5)C4=O)N2)C([2H])([2H])[2H]. The van der Waals surface area contributed by atoms with Gasteiger partial charge in [-0.1, -0.05) is 59.6 Å². The number of piperidine rings is 1. The number of hydrogen-bond donors (Lipinski definition) is 6. The fraction of sp³-hybridized carbons (Fsp3) is 0.591. The summed E-state index contributed by atoms with van der Waals surface area (Å²) in [6.07, 6.45) is 3.42. The number of rotatable bonds is 3. The summed E-state index contributed by atoms with van der Waals surface area (Å²) in [6.45, 7) is 4.39. The molecule has 316 valence electrons. The van der Waals surface area contributed by atoms with Crippen LogP contribution < -0.4 is 20.8 Å². The third-order valence-electron chi connectivity index (χ3n) is 12.4. The highest BCUT2D eigenvalue weighted by Gasteiger charge is 2.50. The normalized spacial score (nSPS) is 36.3. The Morgan fingerprint density at radius 2 is 1.64 bits per heavy atom. The Labute approximate surface area is 349 Å². The van der Waals surface area contributed by atoms with Crippen LogP contribution in [0.3, 0.4) is 0 Å². The van der Waals surface area contributed by atoms with Crippen molar-refractivity contribution in [1.29, 1.82) is 0 Å². The monoisotopic (exact) mass is 811 g/mol. The Bertz CT molecular complexity index is 2440. The van der Waals surface area contributed by atoms with Gasteiger partial charge in [-0.05, 0) is 25.8 Å². The third-order valence-corrected chi connectivity index (χ3v) is 12.4. The van der Waals surface area contributed by atoms with E-state index < -0.39 is 109 Å². The van der Waals surface area contributed by atoms with E-state index in [4.69, 9.17) is 28.8 Å². The van der Waals surface area contributed by atoms with Crippen LogP contribution in [0.4, 0.5) is 5.69 Å². The first kappa shape index (κ1) is 34.5. The average molecular weight is 812 g/mol. The number of hydrogen-bond acceptors (Lipinski definition) is 13. The van der Waals surface area contributed by atoms with Crippen molar-refractivity contribution in [2.75, 3.05) is 32.1 Å². The van der Waals surface area contributed by atoms with Gasteiger partial charge in [-0.15, -0.1) is 0 Å². The largest absolute Gasteiger partial charge is 0.507 e. The van der Waals surface area contributed by atoms with Crippen LogP contribution >= 0.6 is 0 Å². The number of Topliss-reactive ketones (excluding diaryl/α,β-unsaturated/α-hetero) is 1. The topological polar surface area (TPSA) is 203 Å². The molecule has 0 aromatic heterocycles. The highest BCUT2D eigenvalue weighted by Crippen LogP contribution is 2.51. The number of ether oxygens (including phenoxy) is 3. The second-order valence-electron chi connectivity index (χ2n) is 16.5. The predicted molar refractivity (Wildman–Crippen MR) is 218 cm³/mol. The summed E-state index contributed by atoms with van der Waals surface area (Å²) < 4.78 is 73.9. The van der Waals surface area contributed by atoms with Crippen LogP contribution in [0.25, 0.3) is 10.8 Å². The molecule has 6 N–H and O–H groups in total. The standard InChI is InChI=1S/C44H60N4O10/c1-21(2)20-48-17-15-44(16-18-48)46-32-29-30-38(52)27(8)40-31(29)41(54)43(9,58-40)57-19-14-28(56-10)24(5)36(50)26(7)37(51)25(6)35(49)22(3)12-11-13-23(4)42(55)45-34(39(30)53)33(32)47-44/h11-14,19,21-22,24-26,28,35-37,46,49-53H,15-18,20H2,1-10H3/b12-11+,19-14+,23-13+,45-34?/t22-,24+,25+,26-,28-,35-,36+,37+,43-/m0/s1/i1D3,2D3,21D. The van der Waals surface area contributed by atoms with Crippen molar-refractivity contribution in [3.8, 4) is 17.2 Å². The maximum Gasteiger partial charge on any atom is 0.312 e. The molecule has 0 saturated carbocycles. The molecule has 5 heterocycles. The highest BCUT2D eigenvalue weighted by atomic mass is 16.7. The van der Waals surface area contributed by atoms with Crippen molar-refractivity contribution in [2.24, 2.45) is 39.6 Å². The molecule has 58 heavy (non-hydrogen) atoms. The number of carbonyl (C=O) groups is 2. The van der Waals surface area contributed by atoms with Crippen LogP contribution in [0.1, 0.15) is 93.6 Å². The lowest BCUT2D eigenvalue weighted by Crippen LogP contribution is -2.47. The fourth-order valence-corrected chi connectivity index (χ4v) is 8.53. The smallest absolute Gasteiger partial charge is 0.312 e. The van der Waals surface area contributed by atoms with E-state index in [0.29, 0.717) is 0 Å². The molecule has 0 radical (unpaired) electrons. The lowest BCUT2D eigenvalue weighted by atomic mass is 9.78. The number of ketones is 1. The van der Waals surface area contributed by atoms with Gasteiger partial charge in [0.15, 0.2) is 5.75 Å². The molecule has 1 spiro atoms. The maximum absolute atomic E-state index is 14.7. The zero-order valence-corrected chi connectivity index (χ0v) is 34.2. The number of benzene rings is 2. The van der Waals surface area contributed by atoms with Crippen molar-refractivity contribution in [2.45, 2.75) is 111 Å². The number of carbonyl (C=O) groups excluding carboxylic acids is 2. The molecular weight excluding hydrogens is 745 g/mol. The van der Waals surface area contributed by atoms with Crippen molar-refractivity contribution in [3.05, 3.63) is 58.0 Å². The van der Waals surface area contributed by atoms with Gasteiger partial charge < -0.3 is 50.0 Å². The van der Waals surface area contributed by atoms with E-state index in [1.807, 2.05) is 0 Å². The molecule has 5 bridgehead atoms. The number of aliphatic hydroxyl groups excluding tert-OH is 3. The average Bonchev–Trinajstić information content (AvgIpc) is 3.74. The number of phenolic OH excluding ortho intramolecular Hbond substituents is 2. The summed E-state index contributed by atoms with van der Waals surface area (Å²) in [4.78, 5) is 39.4. The van der Waals surface area contributed by atoms with E-state index >= 15 is 0 Å². The maximum atomic E-state index is 14.7. The van der Waals surface area contributed by atoms with Crippen molar-refractivity contribution in [1.82, 2.24) is 4.90 Å². The molecule has 2 aromatic rings. The number of methoxy groups -OCH3 is 1. The number of likely N-dealkylation sites (tertiary alicyclic amines) is 1. The van der Waals surface area contributed by atoms with E-state index in [2.05, 4.69) is 10.3 Å². The van der Waals surface area contributed by atoms with Gasteiger partial charge in [0.1, 0.15) is 27.9 Å². The predicted octanol–water partition coefficient (Wildman–Crippen LogP) is 4.18. The molecule has 5 aliphatic heterocycles. The zero-order valence-electron chi connectivity index (χ0n) is 41.2. The summed E-state index contributed by atoms with van der Waals surface area (Å²) in [5.74, 6) is -10.2. The van der Waals surface area contributed by atoms with Gasteiger partial charge in [-0.2, -0.15) is 0 Å². The van der Waals surface area contributed by atoms with Crippen LogP contribution in [0, 0.1) is 36.5 Å². The third kappa shape index (κ3) is 7.65. The number of amides is 1. The molecule has 14 nitrogen and oxygen atoms in total. The number of fused-ring (bicyclic) bond motifs is 13. The Morgan fingerprint density at radius 3 is 2.29 bits per heavy atom. The number of nitrogens with zero attached hydrogens (tertiary/aromatic N) is 3. The van der Waals surface area contributed by atoms with Crippen molar-refractivity contribution >= 4 is 28.2 Å². The molecule has 0 unspecified atom stereocenters. The van der Waals surface area contributed by atoms with Gasteiger partial charge in [0, 0.05) is 96.3 Å². The van der Waals surface area contributed by atoms with E-state index in [1.54, 1.807) is 44.7 Å². The van der Waals surface area contributed by atoms with Crippen LogP contribution in [-0.4, -0.2) is 105 Å². The fourth-order valence-electron chi connectivity index (χ4n) is 8.53. The van der Waals surface area contributed by atoms with Gasteiger partial charge in [0.05, 0.1) is 47.3 Å². The van der Waals surface area contributed by atoms with Gasteiger partial charge in [0.2, 0.25) is 0 Å². The van der Waals surface area contributed by atoms with E-state index in [-0.39, 0.29) is 75.6 Å². The second-order valence-corrected chi connectivity index (χ2v) is 16.5. The Morgan fingerprint density at radius 1 is 0.983 bits per heavy atom. The number of allylic oxidation sites excluding steroid dienone is 2. The Kier molecular flexibility index (Phi) is 9.74. The van der Waals surface area contributed by atoms with E-state index in [0.717, 1.165) is 0 Å². The summed E-state index contributed by atoms with van der Waals surface area (Å²) in [5.41, 5.74) is -1.04. The second kappa shape index (κ2) is 16.4. The first-order chi connectivity index (χ1) is 30.0. The molecule has 5 aliphatic rings. The molecular formula is C44H60N4O10. The molecule has 1 fully saturated rings. The minimum atomic E-state index is -3.13. The van der Waals surface area contributed by atoms with Gasteiger partial charge in [-0.25, -0.2) is 4.99 Å². The molecule has 0 aliphatic carbocycles. The molecule has 14 heteroatoms. The Balaban J connectivity index is 1.52. The van der Waals surface area contributed by atoms with Gasteiger partial charge >= 0.3 is 5.79 Å². The first-order valence-electron chi connectivity index (χ1n) is 23.1. The van der Waals surface area contributed by atoms with Crippen molar-refractivity contribution < 1.29 is 58.9 Å². The minimum absolute atomic E-state index is 0.00757. The molecule has 1 saturated heterocycles. The zero-order chi connectivity index (χ0) is 48.5. The lowest BCUT2D eigenvalue weighted by Gasteiger charge is -2.38. The number of aromatic hydroxyl groups is 2. The number of anilines is 1. The summed E-state index contributed by atoms with van der Waals surface area (Å²) in [5, 5.41) is 60.7. The van der Waals surface area contributed by atoms with Crippen LogP contribution in [-0.2, 0) is 14.3 Å². The van der Waals surface area contributed by atoms with Gasteiger partial charge in [-0.3, -0.25) is 14.6 Å².